The first-order chi connectivity index (χ1) is 9.43. The van der Waals surface area contributed by atoms with E-state index >= 15 is 0 Å². The van der Waals surface area contributed by atoms with Gasteiger partial charge in [0, 0.05) is 16.4 Å². The Kier molecular flexibility index (Phi) is 6.86. The van der Waals surface area contributed by atoms with Crippen molar-refractivity contribution in [1.29, 1.82) is 0 Å². The number of nitrogens with zero attached hydrogens (tertiary/aromatic N) is 1. The van der Waals surface area contributed by atoms with Gasteiger partial charge in [-0.15, -0.1) is 0 Å². The van der Waals surface area contributed by atoms with Crippen LogP contribution in [-0.2, 0) is 4.74 Å². The van der Waals surface area contributed by atoms with Gasteiger partial charge in [-0.05, 0) is 44.9 Å². The Labute approximate surface area is 131 Å². The van der Waals surface area contributed by atoms with Gasteiger partial charge < -0.3 is 9.64 Å². The van der Waals surface area contributed by atoms with Crippen LogP contribution in [0.2, 0.25) is 0 Å². The second-order valence-electron chi connectivity index (χ2n) is 4.97. The number of hydrogen-bond donors (Lipinski definition) is 0. The smallest absolute Gasteiger partial charge is 0.106 e. The Morgan fingerprint density at radius 3 is 2.80 bits per heavy atom. The van der Waals surface area contributed by atoms with Crippen molar-refractivity contribution >= 4 is 15.9 Å². The number of hydrogen-bond acceptors (Lipinski definition) is 2. The maximum atomic E-state index is 5.73. The van der Waals surface area contributed by atoms with Crippen LogP contribution < -0.4 is 0 Å². The average Bonchev–Trinajstić information content (AvgIpc) is 2.43. The van der Waals surface area contributed by atoms with Crippen molar-refractivity contribution in [3.05, 3.63) is 58.1 Å². The molecule has 0 aliphatic carbocycles. The fourth-order valence-corrected chi connectivity index (χ4v) is 2.21. The first-order valence-electron chi connectivity index (χ1n) is 6.92. The van der Waals surface area contributed by atoms with Crippen molar-refractivity contribution < 1.29 is 4.74 Å². The number of ether oxygens (including phenoxy) is 1. The second-order valence-corrected chi connectivity index (χ2v) is 5.89. The Bertz CT molecular complexity index is 483. The maximum Gasteiger partial charge on any atom is 0.106 e. The van der Waals surface area contributed by atoms with Gasteiger partial charge in [-0.2, -0.15) is 0 Å². The molecule has 0 saturated heterocycles. The van der Waals surface area contributed by atoms with Gasteiger partial charge in [0.1, 0.15) is 6.61 Å². The molecule has 1 aliphatic rings. The summed E-state index contributed by atoms with van der Waals surface area (Å²) in [5.74, 6) is 0.905. The molecule has 0 atom stereocenters. The summed E-state index contributed by atoms with van der Waals surface area (Å²) >= 11 is 3.52. The number of halogens is 1. The summed E-state index contributed by atoms with van der Waals surface area (Å²) in [7, 11) is 0. The third-order valence-electron chi connectivity index (χ3n) is 3.23. The lowest BCUT2D eigenvalue weighted by atomic mass is 10.1. The first-order valence-corrected chi connectivity index (χ1v) is 7.71. The van der Waals surface area contributed by atoms with Gasteiger partial charge >= 0.3 is 0 Å². The van der Waals surface area contributed by atoms with Crippen LogP contribution in [0, 0.1) is 0 Å². The topological polar surface area (TPSA) is 12.5 Å². The van der Waals surface area contributed by atoms with Gasteiger partial charge in [0.15, 0.2) is 0 Å². The zero-order valence-electron chi connectivity index (χ0n) is 12.9. The molecule has 0 saturated carbocycles. The predicted molar refractivity (Wildman–Crippen MR) is 90.4 cm³/mol. The van der Waals surface area contributed by atoms with E-state index in [-0.39, 0.29) is 0 Å². The van der Waals surface area contributed by atoms with Crippen molar-refractivity contribution in [3.63, 3.8) is 0 Å². The highest BCUT2D eigenvalue weighted by Crippen LogP contribution is 2.19. The van der Waals surface area contributed by atoms with E-state index in [2.05, 4.69) is 60.5 Å². The molecule has 0 spiro atoms. The molecule has 0 unspecified atom stereocenters. The van der Waals surface area contributed by atoms with Crippen LogP contribution in [0.1, 0.15) is 34.1 Å². The first kappa shape index (κ1) is 16.8. The van der Waals surface area contributed by atoms with Crippen LogP contribution >= 0.6 is 15.9 Å². The molecule has 110 valence electrons. The van der Waals surface area contributed by atoms with Crippen LogP contribution in [-0.4, -0.2) is 18.1 Å². The molecule has 0 aromatic heterocycles. The summed E-state index contributed by atoms with van der Waals surface area (Å²) in [6, 6.07) is 0. The Hall–Kier alpha value is -1.22. The molecule has 0 aromatic carbocycles. The summed E-state index contributed by atoms with van der Waals surface area (Å²) in [5.41, 5.74) is 3.49. The van der Waals surface area contributed by atoms with E-state index in [1.54, 1.807) is 0 Å². The molecule has 3 heteroatoms. The van der Waals surface area contributed by atoms with Crippen molar-refractivity contribution in [2.24, 2.45) is 0 Å². The largest absolute Gasteiger partial charge is 0.496 e. The lowest BCUT2D eigenvalue weighted by molar-refractivity contribution is 0.193. The summed E-state index contributed by atoms with van der Waals surface area (Å²) in [6.07, 6.45) is 9.28. The average molecular weight is 338 g/mol. The Morgan fingerprint density at radius 2 is 2.15 bits per heavy atom. The van der Waals surface area contributed by atoms with Gasteiger partial charge in [0.25, 0.3) is 0 Å². The predicted octanol–water partition coefficient (Wildman–Crippen LogP) is 5.28. The molecule has 1 heterocycles. The van der Waals surface area contributed by atoms with E-state index in [9.17, 15) is 0 Å². The Morgan fingerprint density at radius 1 is 1.45 bits per heavy atom. The lowest BCUT2D eigenvalue weighted by Gasteiger charge is -2.24. The zero-order chi connectivity index (χ0) is 15.1. The standard InChI is InChI=1S/C17H24BrNO/c1-6-13(2)12-19-9-10-20-15(4)11-17(18)8-7-14(3)16(19)5/h7-8,11-12H,5-6,9-10H2,1-4H3/b13-12+,14-7+,15-11+,17-8+. The zero-order valence-corrected chi connectivity index (χ0v) is 14.5. The van der Waals surface area contributed by atoms with Crippen LogP contribution in [0.4, 0.5) is 0 Å². The molecular formula is C17H24BrNO. The molecule has 0 amide bonds. The summed E-state index contributed by atoms with van der Waals surface area (Å²) in [4.78, 5) is 2.17. The molecule has 20 heavy (non-hydrogen) atoms. The van der Waals surface area contributed by atoms with Gasteiger partial charge in [-0.25, -0.2) is 0 Å². The molecule has 0 aromatic rings. The van der Waals surface area contributed by atoms with Crippen LogP contribution in [0.25, 0.3) is 0 Å². The highest BCUT2D eigenvalue weighted by molar-refractivity contribution is 9.11. The lowest BCUT2D eigenvalue weighted by Crippen LogP contribution is -2.22. The van der Waals surface area contributed by atoms with Crippen molar-refractivity contribution in [2.45, 2.75) is 34.1 Å². The van der Waals surface area contributed by atoms with E-state index in [4.69, 9.17) is 4.74 Å². The van der Waals surface area contributed by atoms with Crippen molar-refractivity contribution in [3.8, 4) is 0 Å². The molecule has 2 nitrogen and oxygen atoms in total. The monoisotopic (exact) mass is 337 g/mol. The van der Waals surface area contributed by atoms with Gasteiger partial charge in [-0.1, -0.05) is 41.1 Å². The molecular weight excluding hydrogens is 314 g/mol. The van der Waals surface area contributed by atoms with E-state index < -0.39 is 0 Å². The summed E-state index contributed by atoms with van der Waals surface area (Å²) < 4.78 is 6.72. The molecule has 1 aliphatic heterocycles. The quantitative estimate of drug-likeness (QED) is 0.680. The van der Waals surface area contributed by atoms with Gasteiger partial charge in [0.05, 0.1) is 12.3 Å². The third-order valence-corrected chi connectivity index (χ3v) is 3.72. The fourth-order valence-electron chi connectivity index (χ4n) is 1.75. The number of allylic oxidation sites excluding steroid dienone is 7. The minimum absolute atomic E-state index is 0.641. The maximum absolute atomic E-state index is 5.73. The second kappa shape index (κ2) is 8.15. The highest BCUT2D eigenvalue weighted by Gasteiger charge is 2.08. The van der Waals surface area contributed by atoms with Crippen LogP contribution in [0.5, 0.6) is 0 Å². The normalized spacial score (nSPS) is 26.4. The minimum atomic E-state index is 0.641. The molecule has 1 rings (SSSR count). The summed E-state index contributed by atoms with van der Waals surface area (Å²) in [6.45, 7) is 14.0. The van der Waals surface area contributed by atoms with Crippen LogP contribution in [0.15, 0.2) is 58.1 Å². The molecule has 0 radical (unpaired) electrons. The molecule has 0 bridgehead atoms. The molecule has 0 fully saturated rings. The highest BCUT2D eigenvalue weighted by atomic mass is 79.9. The fraction of sp³-hybridized carbons (Fsp3) is 0.412. The third kappa shape index (κ3) is 5.41. The van der Waals surface area contributed by atoms with E-state index in [0.29, 0.717) is 6.61 Å². The van der Waals surface area contributed by atoms with Gasteiger partial charge in [-0.3, -0.25) is 0 Å². The SMILES string of the molecule is C=C1/C(C)=C/C=C(Br)\C=C(/C)OCCN1/C=C(\C)CC. The number of rotatable bonds is 2. The minimum Gasteiger partial charge on any atom is -0.496 e. The summed E-state index contributed by atoms with van der Waals surface area (Å²) in [5, 5.41) is 0. The molecule has 0 N–H and O–H groups in total. The van der Waals surface area contributed by atoms with E-state index in [1.165, 1.54) is 5.57 Å². The van der Waals surface area contributed by atoms with Gasteiger partial charge in [0.2, 0.25) is 0 Å². The van der Waals surface area contributed by atoms with Crippen molar-refractivity contribution in [1.82, 2.24) is 4.90 Å². The van der Waals surface area contributed by atoms with E-state index in [1.807, 2.05) is 19.1 Å². The van der Waals surface area contributed by atoms with Crippen molar-refractivity contribution in [2.75, 3.05) is 13.2 Å². The van der Waals surface area contributed by atoms with E-state index in [0.717, 1.165) is 34.5 Å². The van der Waals surface area contributed by atoms with Crippen LogP contribution in [0.3, 0.4) is 0 Å². The Balaban J connectivity index is 3.07.